The Morgan fingerprint density at radius 1 is 1.26 bits per heavy atom. The molecule has 1 amide bonds. The van der Waals surface area contributed by atoms with Crippen LogP contribution in [0.5, 0.6) is 0 Å². The Kier molecular flexibility index (Phi) is 6.23. The molecule has 2 aromatic rings. The van der Waals surface area contributed by atoms with Crippen molar-refractivity contribution in [3.8, 4) is 0 Å². The summed E-state index contributed by atoms with van der Waals surface area (Å²) >= 11 is 1.24. The lowest BCUT2D eigenvalue weighted by Crippen LogP contribution is -2.54. The smallest absolute Gasteiger partial charge is 0.325 e. The number of nitrogens with one attached hydrogen (secondary N) is 1. The fourth-order valence-electron chi connectivity index (χ4n) is 3.94. The highest BCUT2D eigenvalue weighted by atomic mass is 32.2. The largest absolute Gasteiger partial charge is 0.367 e. The second-order valence-electron chi connectivity index (χ2n) is 7.69. The molecule has 0 saturated carbocycles. The third kappa shape index (κ3) is 4.72. The number of nitrogens with zero attached hydrogens (tertiary/aromatic N) is 5. The van der Waals surface area contributed by atoms with Crippen molar-refractivity contribution in [3.63, 3.8) is 0 Å². The van der Waals surface area contributed by atoms with Crippen LogP contribution in [0.1, 0.15) is 17.7 Å². The molecule has 1 aliphatic heterocycles. The van der Waals surface area contributed by atoms with Crippen LogP contribution in [-0.4, -0.2) is 64.4 Å². The summed E-state index contributed by atoms with van der Waals surface area (Å²) in [6, 6.07) is 5.80. The molecule has 1 aromatic carbocycles. The van der Waals surface area contributed by atoms with Crippen molar-refractivity contribution >= 4 is 29.0 Å². The lowest BCUT2D eigenvalue weighted by atomic mass is 10.3. The number of nitro groups is 1. The summed E-state index contributed by atoms with van der Waals surface area (Å²) in [5, 5.41) is 16.2. The monoisotopic (exact) mass is 444 g/mol. The fraction of sp³-hybridized carbons (Fsp3) is 0.450. The molecule has 2 aliphatic rings. The first kappa shape index (κ1) is 21.3. The number of nitro benzene ring substituents is 1. The molecule has 1 saturated heterocycles. The summed E-state index contributed by atoms with van der Waals surface area (Å²) in [4.78, 5) is 42.1. The molecule has 0 spiro atoms. The number of benzene rings is 1. The van der Waals surface area contributed by atoms with Gasteiger partial charge in [-0.25, -0.2) is 9.47 Å². The van der Waals surface area contributed by atoms with Gasteiger partial charge in [0, 0.05) is 49.6 Å². The number of carbonyl (C=O) groups excluding carboxylic acids is 1. The number of aromatic nitrogens is 2. The molecule has 2 heterocycles. The maximum absolute atomic E-state index is 12.8. The molecule has 0 bridgehead atoms. The Morgan fingerprint density at radius 2 is 2.03 bits per heavy atom. The minimum atomic E-state index is -0.507. The van der Waals surface area contributed by atoms with Gasteiger partial charge in [0.25, 0.3) is 5.69 Å². The molecule has 0 atom stereocenters. The number of likely N-dealkylation sites (N-methyl/N-ethyl adjacent to an activating group) is 1. The number of carbonyl (C=O) groups is 1. The lowest BCUT2D eigenvalue weighted by Gasteiger charge is -2.35. The van der Waals surface area contributed by atoms with Crippen LogP contribution in [0, 0.1) is 10.1 Å². The summed E-state index contributed by atoms with van der Waals surface area (Å²) in [5.41, 5.74) is 2.03. The molecule has 31 heavy (non-hydrogen) atoms. The first-order chi connectivity index (χ1) is 14.9. The lowest BCUT2D eigenvalue weighted by molar-refractivity contribution is -0.384. The van der Waals surface area contributed by atoms with E-state index in [9.17, 15) is 19.7 Å². The van der Waals surface area contributed by atoms with Crippen molar-refractivity contribution in [3.05, 3.63) is 56.1 Å². The minimum absolute atomic E-state index is 0.0695. The van der Waals surface area contributed by atoms with E-state index < -0.39 is 4.92 Å². The Labute approximate surface area is 183 Å². The molecular weight excluding hydrogens is 420 g/mol. The molecular formula is C20H24N6O4S. The van der Waals surface area contributed by atoms with Crippen LogP contribution in [-0.2, 0) is 17.6 Å². The molecule has 1 aliphatic carbocycles. The first-order valence-electron chi connectivity index (χ1n) is 10.2. The van der Waals surface area contributed by atoms with Gasteiger partial charge < -0.3 is 15.2 Å². The van der Waals surface area contributed by atoms with Gasteiger partial charge in [-0.2, -0.15) is 4.98 Å². The van der Waals surface area contributed by atoms with E-state index in [0.717, 1.165) is 56.7 Å². The van der Waals surface area contributed by atoms with E-state index in [1.165, 1.54) is 30.0 Å². The van der Waals surface area contributed by atoms with Crippen molar-refractivity contribution in [2.75, 3.05) is 49.3 Å². The van der Waals surface area contributed by atoms with Crippen LogP contribution in [0.3, 0.4) is 0 Å². The Morgan fingerprint density at radius 3 is 2.77 bits per heavy atom. The normalized spacial score (nSPS) is 16.2. The average molecular weight is 445 g/mol. The molecule has 11 heteroatoms. The molecule has 1 aromatic heterocycles. The highest BCUT2D eigenvalue weighted by molar-refractivity contribution is 8.00. The maximum atomic E-state index is 12.8. The van der Waals surface area contributed by atoms with Gasteiger partial charge in [-0.1, -0.05) is 17.8 Å². The minimum Gasteiger partial charge on any atom is -0.325 e. The van der Waals surface area contributed by atoms with Crippen molar-refractivity contribution in [2.45, 2.75) is 24.3 Å². The maximum Gasteiger partial charge on any atom is 0.367 e. The van der Waals surface area contributed by atoms with Crippen LogP contribution < -0.4 is 16.0 Å². The van der Waals surface area contributed by atoms with Gasteiger partial charge in [0.15, 0.2) is 0 Å². The highest BCUT2D eigenvalue weighted by Gasteiger charge is 2.26. The zero-order valence-electron chi connectivity index (χ0n) is 17.2. The predicted molar refractivity (Wildman–Crippen MR) is 118 cm³/mol. The van der Waals surface area contributed by atoms with Gasteiger partial charge in [0.2, 0.25) is 5.91 Å². The Bertz CT molecular complexity index is 1060. The summed E-state index contributed by atoms with van der Waals surface area (Å²) in [6.45, 7) is 3.36. The van der Waals surface area contributed by atoms with Gasteiger partial charge in [-0.3, -0.25) is 14.9 Å². The summed E-state index contributed by atoms with van der Waals surface area (Å²) < 4.78 is 1.74. The molecule has 4 rings (SSSR count). The highest BCUT2D eigenvalue weighted by Crippen LogP contribution is 2.29. The van der Waals surface area contributed by atoms with E-state index in [2.05, 4.69) is 27.3 Å². The van der Waals surface area contributed by atoms with Crippen molar-refractivity contribution in [2.24, 2.45) is 0 Å². The van der Waals surface area contributed by atoms with E-state index in [1.54, 1.807) is 10.7 Å². The fourth-order valence-corrected chi connectivity index (χ4v) is 4.82. The topological polar surface area (TPSA) is 114 Å². The molecule has 1 N–H and O–H groups in total. The quantitative estimate of drug-likeness (QED) is 0.307. The second-order valence-corrected chi connectivity index (χ2v) is 8.66. The summed E-state index contributed by atoms with van der Waals surface area (Å²) in [7, 11) is 2.07. The molecule has 10 nitrogen and oxygen atoms in total. The second kappa shape index (κ2) is 9.06. The van der Waals surface area contributed by atoms with E-state index in [-0.39, 0.29) is 23.0 Å². The van der Waals surface area contributed by atoms with Crippen LogP contribution in [0.25, 0.3) is 0 Å². The third-order valence-corrected chi connectivity index (χ3v) is 6.54. The standard InChI is InChI=1S/C20H24N6O4S/c1-23-8-10-24(11-9-23)25-17-7-3-6-16(17)19(22-20(25)28)31-13-18(27)21-14-4-2-5-15(12-14)26(29)30/h2,4-5,12H,3,6-11,13H2,1H3,(H,21,27). The van der Waals surface area contributed by atoms with E-state index in [0.29, 0.717) is 10.7 Å². The Balaban J connectivity index is 1.47. The SMILES string of the molecule is CN1CCN(n2c3c(c(SCC(=O)Nc4cccc([N+](=O)[O-])c4)nc2=O)CCC3)CC1. The van der Waals surface area contributed by atoms with Crippen molar-refractivity contribution in [1.82, 2.24) is 14.6 Å². The number of piperazine rings is 1. The molecule has 1 fully saturated rings. The zero-order valence-corrected chi connectivity index (χ0v) is 18.1. The molecule has 0 radical (unpaired) electrons. The van der Waals surface area contributed by atoms with E-state index in [4.69, 9.17) is 0 Å². The van der Waals surface area contributed by atoms with Gasteiger partial charge in [-0.05, 0) is 32.4 Å². The van der Waals surface area contributed by atoms with Gasteiger partial charge in [0.05, 0.1) is 16.4 Å². The molecule has 164 valence electrons. The van der Waals surface area contributed by atoms with Gasteiger partial charge in [0.1, 0.15) is 5.03 Å². The number of fused-ring (bicyclic) bond motifs is 1. The first-order valence-corrected chi connectivity index (χ1v) is 11.2. The van der Waals surface area contributed by atoms with Crippen LogP contribution >= 0.6 is 11.8 Å². The summed E-state index contributed by atoms with van der Waals surface area (Å²) in [5.74, 6) is -0.234. The van der Waals surface area contributed by atoms with Crippen LogP contribution in [0.15, 0.2) is 34.1 Å². The van der Waals surface area contributed by atoms with Crippen LogP contribution in [0.2, 0.25) is 0 Å². The van der Waals surface area contributed by atoms with E-state index in [1.807, 2.05) is 0 Å². The average Bonchev–Trinajstić information content (AvgIpc) is 3.23. The third-order valence-electron chi connectivity index (χ3n) is 5.52. The number of hydrogen-bond donors (Lipinski definition) is 1. The predicted octanol–water partition coefficient (Wildman–Crippen LogP) is 1.25. The van der Waals surface area contributed by atoms with Gasteiger partial charge >= 0.3 is 5.69 Å². The number of thioether (sulfide) groups is 1. The number of anilines is 1. The zero-order chi connectivity index (χ0) is 22.0. The Hall–Kier alpha value is -2.92. The van der Waals surface area contributed by atoms with Gasteiger partial charge in [-0.15, -0.1) is 0 Å². The number of rotatable bonds is 6. The number of amides is 1. The van der Waals surface area contributed by atoms with Crippen molar-refractivity contribution < 1.29 is 9.72 Å². The van der Waals surface area contributed by atoms with Crippen LogP contribution in [0.4, 0.5) is 11.4 Å². The van der Waals surface area contributed by atoms with E-state index >= 15 is 0 Å². The molecule has 0 unspecified atom stereocenters. The van der Waals surface area contributed by atoms with Crippen molar-refractivity contribution in [1.29, 1.82) is 0 Å². The number of hydrogen-bond acceptors (Lipinski definition) is 8. The summed E-state index contributed by atoms with van der Waals surface area (Å²) in [6.07, 6.45) is 2.62. The number of non-ortho nitro benzene ring substituents is 1.